The number of nitrogens with one attached hydrogen (secondary N) is 1. The van der Waals surface area contributed by atoms with Gasteiger partial charge in [-0.05, 0) is 6.42 Å². The van der Waals surface area contributed by atoms with Crippen molar-refractivity contribution >= 4 is 0 Å². The number of aromatic nitrogens is 2. The number of nitrogens with zero attached hydrogens (tertiary/aromatic N) is 1. The van der Waals surface area contributed by atoms with Gasteiger partial charge in [0.1, 0.15) is 18.3 Å². The summed E-state index contributed by atoms with van der Waals surface area (Å²) in [4.78, 5) is 25.6. The fraction of sp³-hybridized carbons (Fsp3) is 0.692. The second-order valence-corrected chi connectivity index (χ2v) is 5.02. The number of H-pyrrole nitrogens is 1. The van der Waals surface area contributed by atoms with Gasteiger partial charge in [-0.1, -0.05) is 6.92 Å². The molecule has 1 fully saturated rings. The third kappa shape index (κ3) is 3.28. The van der Waals surface area contributed by atoms with Crippen LogP contribution in [-0.2, 0) is 15.9 Å². The number of aryl methyl sites for hydroxylation is 1. The lowest BCUT2D eigenvalue weighted by molar-refractivity contribution is -0.0712. The van der Waals surface area contributed by atoms with Crippen molar-refractivity contribution in [3.8, 4) is 0 Å². The average Bonchev–Trinajstić information content (AvgIpc) is 2.76. The van der Waals surface area contributed by atoms with Crippen molar-refractivity contribution in [2.24, 2.45) is 0 Å². The average molecular weight is 316 g/mol. The van der Waals surface area contributed by atoms with E-state index in [1.165, 1.54) is 6.20 Å². The van der Waals surface area contributed by atoms with Gasteiger partial charge in [-0.25, -0.2) is 4.79 Å². The van der Waals surface area contributed by atoms with Crippen LogP contribution in [0, 0.1) is 0 Å². The topological polar surface area (TPSA) is 134 Å². The smallest absolute Gasteiger partial charge is 0.330 e. The number of aromatic amines is 1. The molecule has 0 amide bonds. The van der Waals surface area contributed by atoms with Crippen LogP contribution in [0.25, 0.3) is 0 Å². The Hall–Kier alpha value is -1.52. The maximum absolute atomic E-state index is 11.9. The van der Waals surface area contributed by atoms with Gasteiger partial charge in [-0.3, -0.25) is 14.3 Å². The van der Waals surface area contributed by atoms with Gasteiger partial charge in [0.05, 0.1) is 19.8 Å². The summed E-state index contributed by atoms with van der Waals surface area (Å²) in [5.41, 5.74) is -0.847. The van der Waals surface area contributed by atoms with Crippen LogP contribution >= 0.6 is 0 Å². The Balaban J connectivity index is 2.22. The predicted molar refractivity (Wildman–Crippen MR) is 74.5 cm³/mol. The van der Waals surface area contributed by atoms with E-state index in [4.69, 9.17) is 14.6 Å². The maximum atomic E-state index is 11.9. The van der Waals surface area contributed by atoms with Crippen LogP contribution in [0.1, 0.15) is 18.7 Å². The highest BCUT2D eigenvalue weighted by molar-refractivity contribution is 5.05. The van der Waals surface area contributed by atoms with Crippen molar-refractivity contribution in [2.75, 3.05) is 19.8 Å². The Bertz CT molecular complexity index is 611. The summed E-state index contributed by atoms with van der Waals surface area (Å²) in [6, 6.07) is 0. The molecule has 9 heteroatoms. The van der Waals surface area contributed by atoms with Crippen molar-refractivity contribution in [2.45, 2.75) is 37.9 Å². The molecule has 0 aliphatic carbocycles. The molecule has 1 saturated heterocycles. The SMILES string of the molecule is CCc1cn([C@@H]2O[C@H](COCCO)[C@@H](O)[C@H]2O)c(=O)[nH]c1=O. The van der Waals surface area contributed by atoms with Crippen LogP contribution in [0.4, 0.5) is 0 Å². The minimum Gasteiger partial charge on any atom is -0.394 e. The molecule has 0 aromatic carbocycles. The maximum Gasteiger partial charge on any atom is 0.330 e. The molecule has 2 rings (SSSR count). The van der Waals surface area contributed by atoms with E-state index in [0.29, 0.717) is 12.0 Å². The van der Waals surface area contributed by atoms with E-state index < -0.39 is 35.8 Å². The van der Waals surface area contributed by atoms with Gasteiger partial charge in [0.2, 0.25) is 0 Å². The molecule has 0 radical (unpaired) electrons. The molecule has 4 atom stereocenters. The van der Waals surface area contributed by atoms with Crippen molar-refractivity contribution < 1.29 is 24.8 Å². The Kier molecular flexibility index (Phi) is 5.48. The summed E-state index contributed by atoms with van der Waals surface area (Å²) in [5, 5.41) is 28.7. The fourth-order valence-corrected chi connectivity index (χ4v) is 2.33. The van der Waals surface area contributed by atoms with Crippen LogP contribution in [0.2, 0.25) is 0 Å². The first-order valence-electron chi connectivity index (χ1n) is 7.04. The third-order valence-electron chi connectivity index (χ3n) is 3.55. The minimum absolute atomic E-state index is 0.0337. The Morgan fingerprint density at radius 3 is 2.73 bits per heavy atom. The molecule has 1 aliphatic heterocycles. The standard InChI is InChI=1S/C13H20N2O7/c1-2-7-5-15(13(20)14-11(7)19)12-10(18)9(17)8(22-12)6-21-4-3-16/h5,8-10,12,16-18H,2-4,6H2,1H3,(H,14,19,20)/t8-,9-,10-,12-/m1/s1. The Labute approximate surface area is 125 Å². The van der Waals surface area contributed by atoms with E-state index in [1.807, 2.05) is 0 Å². The van der Waals surface area contributed by atoms with E-state index in [1.54, 1.807) is 6.92 Å². The molecule has 0 bridgehead atoms. The lowest BCUT2D eigenvalue weighted by Gasteiger charge is -2.17. The number of aliphatic hydroxyl groups excluding tert-OH is 3. The molecule has 1 aromatic heterocycles. The van der Waals surface area contributed by atoms with Crippen LogP contribution in [0.15, 0.2) is 15.8 Å². The fourth-order valence-electron chi connectivity index (χ4n) is 2.33. The zero-order valence-corrected chi connectivity index (χ0v) is 12.1. The first kappa shape index (κ1) is 16.8. The van der Waals surface area contributed by atoms with Crippen LogP contribution in [-0.4, -0.2) is 63.0 Å². The molecule has 9 nitrogen and oxygen atoms in total. The molecular formula is C13H20N2O7. The normalized spacial score (nSPS) is 28.2. The summed E-state index contributed by atoms with van der Waals surface area (Å²) in [7, 11) is 0. The summed E-state index contributed by atoms with van der Waals surface area (Å²) in [5.74, 6) is 0. The largest absolute Gasteiger partial charge is 0.394 e. The lowest BCUT2D eigenvalue weighted by Crippen LogP contribution is -2.38. The second-order valence-electron chi connectivity index (χ2n) is 5.02. The summed E-state index contributed by atoms with van der Waals surface area (Å²) in [6.07, 6.45) is -2.81. The van der Waals surface area contributed by atoms with Crippen molar-refractivity contribution in [1.29, 1.82) is 0 Å². The third-order valence-corrected chi connectivity index (χ3v) is 3.55. The summed E-state index contributed by atoms with van der Waals surface area (Å²) in [6.45, 7) is 1.62. The summed E-state index contributed by atoms with van der Waals surface area (Å²) < 4.78 is 11.6. The monoisotopic (exact) mass is 316 g/mol. The molecule has 0 spiro atoms. The van der Waals surface area contributed by atoms with Gasteiger partial charge in [-0.15, -0.1) is 0 Å². The number of ether oxygens (including phenoxy) is 2. The van der Waals surface area contributed by atoms with Gasteiger partial charge in [0.15, 0.2) is 6.23 Å². The zero-order chi connectivity index (χ0) is 16.3. The van der Waals surface area contributed by atoms with E-state index in [0.717, 1.165) is 4.57 Å². The highest BCUT2D eigenvalue weighted by Gasteiger charge is 2.44. The minimum atomic E-state index is -1.34. The van der Waals surface area contributed by atoms with Crippen LogP contribution in [0.5, 0.6) is 0 Å². The second kappa shape index (κ2) is 7.16. The summed E-state index contributed by atoms with van der Waals surface area (Å²) >= 11 is 0. The number of hydrogen-bond donors (Lipinski definition) is 4. The van der Waals surface area contributed by atoms with Gasteiger partial charge < -0.3 is 24.8 Å². The molecule has 0 saturated carbocycles. The highest BCUT2D eigenvalue weighted by Crippen LogP contribution is 2.28. The van der Waals surface area contributed by atoms with Crippen molar-refractivity contribution in [3.63, 3.8) is 0 Å². The van der Waals surface area contributed by atoms with E-state index in [2.05, 4.69) is 4.98 Å². The van der Waals surface area contributed by atoms with E-state index >= 15 is 0 Å². The van der Waals surface area contributed by atoms with Crippen LogP contribution < -0.4 is 11.2 Å². The van der Waals surface area contributed by atoms with Gasteiger partial charge >= 0.3 is 5.69 Å². The number of hydrogen-bond acceptors (Lipinski definition) is 7. The molecule has 0 unspecified atom stereocenters. The van der Waals surface area contributed by atoms with Crippen molar-refractivity contribution in [3.05, 3.63) is 32.6 Å². The Morgan fingerprint density at radius 2 is 2.09 bits per heavy atom. The molecule has 4 N–H and O–H groups in total. The van der Waals surface area contributed by atoms with Gasteiger partial charge in [0, 0.05) is 11.8 Å². The molecule has 22 heavy (non-hydrogen) atoms. The quantitative estimate of drug-likeness (QED) is 0.435. The van der Waals surface area contributed by atoms with E-state index in [-0.39, 0.29) is 19.8 Å². The first-order valence-corrected chi connectivity index (χ1v) is 7.04. The van der Waals surface area contributed by atoms with Gasteiger partial charge in [0.25, 0.3) is 5.56 Å². The predicted octanol–water partition coefficient (Wildman–Crippen LogP) is -2.27. The van der Waals surface area contributed by atoms with Crippen LogP contribution in [0.3, 0.4) is 0 Å². The highest BCUT2D eigenvalue weighted by atomic mass is 16.6. The first-order chi connectivity index (χ1) is 10.5. The molecule has 2 heterocycles. The number of aliphatic hydroxyl groups is 3. The molecule has 1 aromatic rings. The van der Waals surface area contributed by atoms with E-state index in [9.17, 15) is 19.8 Å². The van der Waals surface area contributed by atoms with Crippen molar-refractivity contribution in [1.82, 2.24) is 9.55 Å². The molecule has 124 valence electrons. The molecular weight excluding hydrogens is 296 g/mol. The lowest BCUT2D eigenvalue weighted by atomic mass is 10.1. The Morgan fingerprint density at radius 1 is 1.36 bits per heavy atom. The zero-order valence-electron chi connectivity index (χ0n) is 12.1. The molecule has 1 aliphatic rings. The number of rotatable bonds is 6. The van der Waals surface area contributed by atoms with Gasteiger partial charge in [-0.2, -0.15) is 0 Å².